The predicted molar refractivity (Wildman–Crippen MR) is 46.5 cm³/mol. The summed E-state index contributed by atoms with van der Waals surface area (Å²) in [5.74, 6) is 0.122. The Morgan fingerprint density at radius 3 is 3.00 bits per heavy atom. The van der Waals surface area contributed by atoms with Crippen LogP contribution < -0.4 is 5.73 Å². The second-order valence-electron chi connectivity index (χ2n) is 2.76. The number of nitrogens with zero attached hydrogens (tertiary/aromatic N) is 3. The summed E-state index contributed by atoms with van der Waals surface area (Å²) < 4.78 is 0. The van der Waals surface area contributed by atoms with Crippen LogP contribution in [0.3, 0.4) is 0 Å². The lowest BCUT2D eigenvalue weighted by Gasteiger charge is -2.03. The van der Waals surface area contributed by atoms with E-state index in [4.69, 9.17) is 16.1 Å². The molecular weight excluding hydrogens is 168 g/mol. The molecule has 0 aromatic carbocycles. The molecule has 0 radical (unpaired) electrons. The Balaban J connectivity index is 2.95. The van der Waals surface area contributed by atoms with Crippen LogP contribution in [0, 0.1) is 11.3 Å². The molecule has 0 aliphatic rings. The van der Waals surface area contributed by atoms with Gasteiger partial charge in [0, 0.05) is 6.42 Å². The van der Waals surface area contributed by atoms with Crippen LogP contribution >= 0.6 is 0 Å². The fourth-order valence-corrected chi connectivity index (χ4v) is 0.918. The van der Waals surface area contributed by atoms with Gasteiger partial charge in [0.25, 0.3) is 0 Å². The first kappa shape index (κ1) is 9.42. The van der Waals surface area contributed by atoms with Crippen LogP contribution in [0.25, 0.3) is 0 Å². The van der Waals surface area contributed by atoms with Crippen molar-refractivity contribution in [3.8, 4) is 6.07 Å². The maximum atomic E-state index is 9.06. The second kappa shape index (κ2) is 3.83. The molecule has 0 aliphatic carbocycles. The van der Waals surface area contributed by atoms with Crippen LogP contribution in [0.1, 0.15) is 18.3 Å². The highest BCUT2D eigenvalue weighted by molar-refractivity contribution is 5.42. The van der Waals surface area contributed by atoms with E-state index in [1.165, 1.54) is 6.20 Å². The third kappa shape index (κ3) is 2.39. The van der Waals surface area contributed by atoms with Gasteiger partial charge in [-0.1, -0.05) is 0 Å². The summed E-state index contributed by atoms with van der Waals surface area (Å²) >= 11 is 0. The van der Waals surface area contributed by atoms with Gasteiger partial charge in [-0.25, -0.2) is 9.97 Å². The summed E-state index contributed by atoms with van der Waals surface area (Å²) in [6.07, 6.45) is 1.34. The molecule has 0 aliphatic heterocycles. The van der Waals surface area contributed by atoms with Crippen LogP contribution in [-0.2, 0) is 6.42 Å². The van der Waals surface area contributed by atoms with Crippen molar-refractivity contribution in [2.24, 2.45) is 0 Å². The summed E-state index contributed by atoms with van der Waals surface area (Å²) in [6.45, 7) is 1.64. The van der Waals surface area contributed by atoms with Gasteiger partial charge in [-0.2, -0.15) is 5.26 Å². The highest BCUT2D eigenvalue weighted by atomic mass is 16.3. The first-order valence-electron chi connectivity index (χ1n) is 3.83. The lowest BCUT2D eigenvalue weighted by atomic mass is 10.2. The Labute approximate surface area is 75.9 Å². The Kier molecular flexibility index (Phi) is 2.77. The first-order chi connectivity index (χ1) is 6.13. The number of aromatic nitrogens is 2. The molecule has 1 rings (SSSR count). The standard InChI is InChI=1S/C8H10N4O/c1-5(13)2-6-4-11-8(10)7(3-9)12-6/h4-5,13H,2H2,1H3,(H2,10,11)/t5-/m0/s1. The van der Waals surface area contributed by atoms with Gasteiger partial charge in [0.2, 0.25) is 0 Å². The molecule has 0 fully saturated rings. The number of nitriles is 1. The van der Waals surface area contributed by atoms with E-state index >= 15 is 0 Å². The smallest absolute Gasteiger partial charge is 0.183 e. The Bertz CT molecular complexity index is 342. The molecule has 0 spiro atoms. The predicted octanol–water partition coefficient (Wildman–Crippen LogP) is -0.146. The van der Waals surface area contributed by atoms with Crippen LogP contribution in [0.5, 0.6) is 0 Å². The molecule has 5 heteroatoms. The highest BCUT2D eigenvalue weighted by Crippen LogP contribution is 2.05. The van der Waals surface area contributed by atoms with Crippen molar-refractivity contribution >= 4 is 5.82 Å². The van der Waals surface area contributed by atoms with Crippen molar-refractivity contribution in [3.63, 3.8) is 0 Å². The van der Waals surface area contributed by atoms with E-state index in [2.05, 4.69) is 9.97 Å². The molecule has 1 heterocycles. The third-order valence-corrected chi connectivity index (χ3v) is 1.46. The second-order valence-corrected chi connectivity index (χ2v) is 2.76. The summed E-state index contributed by atoms with van der Waals surface area (Å²) in [6, 6.07) is 1.83. The maximum Gasteiger partial charge on any atom is 0.183 e. The molecule has 0 unspecified atom stereocenters. The van der Waals surface area contributed by atoms with Crippen molar-refractivity contribution in [1.82, 2.24) is 9.97 Å². The molecule has 0 saturated carbocycles. The summed E-state index contributed by atoms with van der Waals surface area (Å²) in [4.78, 5) is 7.71. The highest BCUT2D eigenvalue weighted by Gasteiger charge is 2.05. The minimum absolute atomic E-state index is 0.109. The molecule has 0 amide bonds. The molecular formula is C8H10N4O. The molecule has 0 saturated heterocycles. The maximum absolute atomic E-state index is 9.06. The minimum atomic E-state index is -0.496. The Morgan fingerprint density at radius 2 is 2.46 bits per heavy atom. The number of hydrogen-bond donors (Lipinski definition) is 2. The molecule has 3 N–H and O–H groups in total. The van der Waals surface area contributed by atoms with Gasteiger partial charge in [0.15, 0.2) is 11.5 Å². The molecule has 1 atom stereocenters. The van der Waals surface area contributed by atoms with Gasteiger partial charge in [-0.05, 0) is 6.92 Å². The molecule has 1 aromatic heterocycles. The number of aliphatic hydroxyl groups excluding tert-OH is 1. The van der Waals surface area contributed by atoms with Gasteiger partial charge >= 0.3 is 0 Å². The van der Waals surface area contributed by atoms with Crippen molar-refractivity contribution < 1.29 is 5.11 Å². The monoisotopic (exact) mass is 178 g/mol. The average molecular weight is 178 g/mol. The van der Waals surface area contributed by atoms with E-state index in [1.807, 2.05) is 6.07 Å². The normalized spacial score (nSPS) is 12.1. The van der Waals surface area contributed by atoms with Crippen molar-refractivity contribution in [3.05, 3.63) is 17.6 Å². The molecule has 68 valence electrons. The largest absolute Gasteiger partial charge is 0.393 e. The topological polar surface area (TPSA) is 95.8 Å². The summed E-state index contributed by atoms with van der Waals surface area (Å²) in [7, 11) is 0. The van der Waals surface area contributed by atoms with Crippen molar-refractivity contribution in [2.75, 3.05) is 5.73 Å². The number of rotatable bonds is 2. The fourth-order valence-electron chi connectivity index (χ4n) is 0.918. The lowest BCUT2D eigenvalue weighted by molar-refractivity contribution is 0.194. The fraction of sp³-hybridized carbons (Fsp3) is 0.375. The van der Waals surface area contributed by atoms with E-state index < -0.39 is 6.10 Å². The van der Waals surface area contributed by atoms with E-state index in [9.17, 15) is 0 Å². The molecule has 13 heavy (non-hydrogen) atoms. The van der Waals surface area contributed by atoms with Crippen molar-refractivity contribution in [1.29, 1.82) is 5.26 Å². The number of aliphatic hydroxyl groups is 1. The molecule has 5 nitrogen and oxygen atoms in total. The average Bonchev–Trinajstić information content (AvgIpc) is 2.07. The number of nitrogens with two attached hydrogens (primary N) is 1. The summed E-state index contributed by atoms with van der Waals surface area (Å²) in [5, 5.41) is 17.6. The minimum Gasteiger partial charge on any atom is -0.393 e. The Morgan fingerprint density at radius 1 is 1.77 bits per heavy atom. The van der Waals surface area contributed by atoms with Gasteiger partial charge in [-0.15, -0.1) is 0 Å². The zero-order valence-electron chi connectivity index (χ0n) is 7.23. The van der Waals surface area contributed by atoms with Gasteiger partial charge < -0.3 is 10.8 Å². The molecule has 0 bridgehead atoms. The van der Waals surface area contributed by atoms with Crippen LogP contribution in [0.15, 0.2) is 6.20 Å². The van der Waals surface area contributed by atoms with E-state index in [0.717, 1.165) is 0 Å². The third-order valence-electron chi connectivity index (χ3n) is 1.46. The Hall–Kier alpha value is -1.67. The zero-order valence-corrected chi connectivity index (χ0v) is 7.23. The van der Waals surface area contributed by atoms with E-state index in [0.29, 0.717) is 12.1 Å². The van der Waals surface area contributed by atoms with Crippen LogP contribution in [0.4, 0.5) is 5.82 Å². The quantitative estimate of drug-likeness (QED) is 0.656. The lowest BCUT2D eigenvalue weighted by Crippen LogP contribution is -2.08. The SMILES string of the molecule is C[C@H](O)Cc1cnc(N)c(C#N)n1. The van der Waals surface area contributed by atoms with Crippen molar-refractivity contribution in [2.45, 2.75) is 19.4 Å². The van der Waals surface area contributed by atoms with E-state index in [1.54, 1.807) is 6.92 Å². The zero-order chi connectivity index (χ0) is 9.84. The number of hydrogen-bond acceptors (Lipinski definition) is 5. The first-order valence-corrected chi connectivity index (χ1v) is 3.83. The van der Waals surface area contributed by atoms with Crippen LogP contribution in [-0.4, -0.2) is 21.2 Å². The van der Waals surface area contributed by atoms with Gasteiger partial charge in [0.05, 0.1) is 18.0 Å². The number of anilines is 1. The van der Waals surface area contributed by atoms with Crippen LogP contribution in [0.2, 0.25) is 0 Å². The van der Waals surface area contributed by atoms with E-state index in [-0.39, 0.29) is 11.5 Å². The van der Waals surface area contributed by atoms with Gasteiger partial charge in [0.1, 0.15) is 6.07 Å². The molecule has 1 aromatic rings. The number of nitrogen functional groups attached to an aromatic ring is 1. The van der Waals surface area contributed by atoms with Gasteiger partial charge in [-0.3, -0.25) is 0 Å². The summed E-state index contributed by atoms with van der Waals surface area (Å²) in [5.41, 5.74) is 6.05.